The Kier molecular flexibility index (Phi) is 6.17. The van der Waals surface area contributed by atoms with E-state index in [-0.39, 0.29) is 24.7 Å². The molecule has 0 aliphatic heterocycles. The van der Waals surface area contributed by atoms with E-state index < -0.39 is 0 Å². The largest absolute Gasteiger partial charge is 0.326 e. The minimum atomic E-state index is -0.299. The molecule has 5 nitrogen and oxygen atoms in total. The average Bonchev–Trinajstić information content (AvgIpc) is 2.69. The summed E-state index contributed by atoms with van der Waals surface area (Å²) < 4.78 is 0. The van der Waals surface area contributed by atoms with Gasteiger partial charge in [-0.25, -0.2) is 5.43 Å². The maximum absolute atomic E-state index is 12.1. The van der Waals surface area contributed by atoms with Gasteiger partial charge in [-0.05, 0) is 36.2 Å². The molecule has 142 valence electrons. The molecular weight excluding hydrogens is 350 g/mol. The number of nitrogens with zero attached hydrogens (tertiary/aromatic N) is 1. The summed E-state index contributed by atoms with van der Waals surface area (Å²) in [7, 11) is 0. The van der Waals surface area contributed by atoms with Crippen molar-refractivity contribution in [1.29, 1.82) is 0 Å². The van der Waals surface area contributed by atoms with E-state index in [1.807, 2.05) is 74.5 Å². The standard InChI is InChI=1S/C23H23N3O2/c1-16-10-11-21(17(2)14-16)25-22(27)12-13-23(28)26-24-15-19-8-5-7-18-6-3-4-9-20(18)19/h3-11,14-15H,12-13H2,1-2H3,(H,25,27)(H,26,28). The van der Waals surface area contributed by atoms with Crippen LogP contribution in [0.25, 0.3) is 10.8 Å². The highest BCUT2D eigenvalue weighted by molar-refractivity contribution is 6.00. The summed E-state index contributed by atoms with van der Waals surface area (Å²) in [5, 5.41) is 9.04. The minimum absolute atomic E-state index is 0.0730. The Balaban J connectivity index is 1.50. The lowest BCUT2D eigenvalue weighted by Crippen LogP contribution is -2.20. The van der Waals surface area contributed by atoms with Crippen molar-refractivity contribution in [2.45, 2.75) is 26.7 Å². The number of amides is 2. The first-order valence-electron chi connectivity index (χ1n) is 9.20. The van der Waals surface area contributed by atoms with Crippen molar-refractivity contribution in [2.24, 2.45) is 5.10 Å². The van der Waals surface area contributed by atoms with E-state index in [0.29, 0.717) is 0 Å². The monoisotopic (exact) mass is 373 g/mol. The van der Waals surface area contributed by atoms with E-state index in [4.69, 9.17) is 0 Å². The summed E-state index contributed by atoms with van der Waals surface area (Å²) in [5.74, 6) is -0.493. The maximum Gasteiger partial charge on any atom is 0.240 e. The van der Waals surface area contributed by atoms with Gasteiger partial charge in [-0.1, -0.05) is 60.2 Å². The first-order valence-corrected chi connectivity index (χ1v) is 9.20. The third-order valence-corrected chi connectivity index (χ3v) is 4.45. The summed E-state index contributed by atoms with van der Waals surface area (Å²) in [5.41, 5.74) is 6.31. The molecule has 5 heteroatoms. The number of rotatable bonds is 6. The molecule has 2 amide bonds. The van der Waals surface area contributed by atoms with E-state index in [2.05, 4.69) is 15.8 Å². The Bertz CT molecular complexity index is 1040. The molecule has 3 aromatic rings. The molecule has 3 aromatic carbocycles. The zero-order valence-corrected chi connectivity index (χ0v) is 16.0. The van der Waals surface area contributed by atoms with Crippen molar-refractivity contribution in [2.75, 3.05) is 5.32 Å². The van der Waals surface area contributed by atoms with Gasteiger partial charge in [-0.2, -0.15) is 5.10 Å². The molecule has 0 aliphatic rings. The number of nitrogens with one attached hydrogen (secondary N) is 2. The Morgan fingerprint density at radius 2 is 1.68 bits per heavy atom. The summed E-state index contributed by atoms with van der Waals surface area (Å²) >= 11 is 0. The molecule has 28 heavy (non-hydrogen) atoms. The molecule has 0 aliphatic carbocycles. The van der Waals surface area contributed by atoms with Crippen LogP contribution >= 0.6 is 0 Å². The summed E-state index contributed by atoms with van der Waals surface area (Å²) in [4.78, 5) is 24.0. The highest BCUT2D eigenvalue weighted by Crippen LogP contribution is 2.17. The number of carbonyl (C=O) groups is 2. The normalized spacial score (nSPS) is 10.9. The van der Waals surface area contributed by atoms with Crippen LogP contribution in [0.4, 0.5) is 5.69 Å². The van der Waals surface area contributed by atoms with Gasteiger partial charge >= 0.3 is 0 Å². The van der Waals surface area contributed by atoms with Gasteiger partial charge in [-0.15, -0.1) is 0 Å². The number of hydrogen-bond donors (Lipinski definition) is 2. The van der Waals surface area contributed by atoms with Crippen LogP contribution in [0.2, 0.25) is 0 Å². The Hall–Kier alpha value is -3.47. The van der Waals surface area contributed by atoms with Gasteiger partial charge in [0.2, 0.25) is 11.8 Å². The fourth-order valence-electron chi connectivity index (χ4n) is 2.99. The third-order valence-electron chi connectivity index (χ3n) is 4.45. The fourth-order valence-corrected chi connectivity index (χ4v) is 2.99. The summed E-state index contributed by atoms with van der Waals surface area (Å²) in [6, 6.07) is 19.7. The number of hydrazone groups is 1. The van der Waals surface area contributed by atoms with E-state index in [1.165, 1.54) is 0 Å². The molecular formula is C23H23N3O2. The van der Waals surface area contributed by atoms with E-state index in [1.54, 1.807) is 6.21 Å². The summed E-state index contributed by atoms with van der Waals surface area (Å²) in [6.07, 6.45) is 1.79. The predicted octanol–water partition coefficient (Wildman–Crippen LogP) is 4.33. The second-order valence-electron chi connectivity index (χ2n) is 6.73. The van der Waals surface area contributed by atoms with Crippen LogP contribution in [0, 0.1) is 13.8 Å². The molecule has 2 N–H and O–H groups in total. The van der Waals surface area contributed by atoms with Crippen LogP contribution in [0.3, 0.4) is 0 Å². The van der Waals surface area contributed by atoms with Gasteiger partial charge < -0.3 is 5.32 Å². The number of fused-ring (bicyclic) bond motifs is 1. The Labute approximate surface area is 164 Å². The first kappa shape index (κ1) is 19.3. The highest BCUT2D eigenvalue weighted by atomic mass is 16.2. The average molecular weight is 373 g/mol. The van der Waals surface area contributed by atoms with Crippen molar-refractivity contribution in [1.82, 2.24) is 5.43 Å². The Morgan fingerprint density at radius 1 is 0.929 bits per heavy atom. The predicted molar refractivity (Wildman–Crippen MR) is 113 cm³/mol. The number of hydrogen-bond acceptors (Lipinski definition) is 3. The molecule has 3 rings (SSSR count). The van der Waals surface area contributed by atoms with Crippen molar-refractivity contribution >= 4 is 34.5 Å². The number of carbonyl (C=O) groups excluding carboxylic acids is 2. The molecule has 0 heterocycles. The second kappa shape index (κ2) is 8.95. The zero-order chi connectivity index (χ0) is 19.9. The lowest BCUT2D eigenvalue weighted by atomic mass is 10.1. The van der Waals surface area contributed by atoms with E-state index >= 15 is 0 Å². The molecule has 0 fully saturated rings. The zero-order valence-electron chi connectivity index (χ0n) is 16.0. The third kappa shape index (κ3) is 5.04. The molecule has 0 unspecified atom stereocenters. The first-order chi connectivity index (χ1) is 13.5. The number of aryl methyl sites for hydroxylation is 2. The smallest absolute Gasteiger partial charge is 0.240 e. The summed E-state index contributed by atoms with van der Waals surface area (Å²) in [6.45, 7) is 3.94. The lowest BCUT2D eigenvalue weighted by molar-refractivity contribution is -0.124. The van der Waals surface area contributed by atoms with Crippen LogP contribution in [-0.2, 0) is 9.59 Å². The van der Waals surface area contributed by atoms with Crippen LogP contribution in [0.15, 0.2) is 65.8 Å². The number of benzene rings is 3. The van der Waals surface area contributed by atoms with Crippen LogP contribution < -0.4 is 10.7 Å². The van der Waals surface area contributed by atoms with Gasteiger partial charge in [-0.3, -0.25) is 9.59 Å². The van der Waals surface area contributed by atoms with Crippen LogP contribution in [0.5, 0.6) is 0 Å². The fraction of sp³-hybridized carbons (Fsp3) is 0.174. The molecule has 0 saturated heterocycles. The van der Waals surface area contributed by atoms with Crippen LogP contribution in [0.1, 0.15) is 29.5 Å². The topological polar surface area (TPSA) is 70.6 Å². The van der Waals surface area contributed by atoms with E-state index in [9.17, 15) is 9.59 Å². The van der Waals surface area contributed by atoms with Gasteiger partial charge in [0.05, 0.1) is 6.21 Å². The molecule has 0 radical (unpaired) electrons. The van der Waals surface area contributed by atoms with Gasteiger partial charge in [0.25, 0.3) is 0 Å². The quantitative estimate of drug-likeness (QED) is 0.499. The van der Waals surface area contributed by atoms with Crippen molar-refractivity contribution in [3.05, 3.63) is 77.4 Å². The van der Waals surface area contributed by atoms with Gasteiger partial charge in [0.15, 0.2) is 0 Å². The van der Waals surface area contributed by atoms with E-state index in [0.717, 1.165) is 33.2 Å². The molecule has 0 aromatic heterocycles. The Morgan fingerprint density at radius 3 is 2.50 bits per heavy atom. The highest BCUT2D eigenvalue weighted by Gasteiger charge is 2.08. The van der Waals surface area contributed by atoms with Gasteiger partial charge in [0, 0.05) is 24.1 Å². The lowest BCUT2D eigenvalue weighted by Gasteiger charge is -2.08. The SMILES string of the molecule is Cc1ccc(NC(=O)CCC(=O)NN=Cc2cccc3ccccc23)c(C)c1. The molecule has 0 spiro atoms. The van der Waals surface area contributed by atoms with Crippen molar-refractivity contribution < 1.29 is 9.59 Å². The molecule has 0 bridgehead atoms. The number of anilines is 1. The molecule has 0 saturated carbocycles. The van der Waals surface area contributed by atoms with Crippen LogP contribution in [-0.4, -0.2) is 18.0 Å². The van der Waals surface area contributed by atoms with Crippen molar-refractivity contribution in [3.8, 4) is 0 Å². The maximum atomic E-state index is 12.1. The minimum Gasteiger partial charge on any atom is -0.326 e. The van der Waals surface area contributed by atoms with Gasteiger partial charge in [0.1, 0.15) is 0 Å². The second-order valence-corrected chi connectivity index (χ2v) is 6.73. The molecule has 0 atom stereocenters. The van der Waals surface area contributed by atoms with Crippen molar-refractivity contribution in [3.63, 3.8) is 0 Å².